The number of nitrogens with zero attached hydrogens (tertiary/aromatic N) is 3. The predicted molar refractivity (Wildman–Crippen MR) is 89.9 cm³/mol. The van der Waals surface area contributed by atoms with E-state index in [1.807, 2.05) is 12.3 Å². The summed E-state index contributed by atoms with van der Waals surface area (Å²) in [6.45, 7) is -0.116. The molecule has 0 fully saturated rings. The van der Waals surface area contributed by atoms with Gasteiger partial charge in [0.25, 0.3) is 5.89 Å². The Morgan fingerprint density at radius 1 is 1.33 bits per heavy atom. The molecule has 0 bridgehead atoms. The van der Waals surface area contributed by atoms with Crippen molar-refractivity contribution in [3.8, 4) is 11.4 Å². The fourth-order valence-electron chi connectivity index (χ4n) is 1.97. The van der Waals surface area contributed by atoms with E-state index in [1.54, 1.807) is 36.5 Å². The first-order chi connectivity index (χ1) is 11.7. The number of thioether (sulfide) groups is 1. The smallest absolute Gasteiger partial charge is 0.341 e. The van der Waals surface area contributed by atoms with Gasteiger partial charge in [0.2, 0.25) is 5.82 Å². The number of hydrogen-bond acceptors (Lipinski definition) is 7. The predicted octanol–water partition coefficient (Wildman–Crippen LogP) is 3.86. The van der Waals surface area contributed by atoms with Crippen LogP contribution >= 0.6 is 23.4 Å². The fraction of sp³-hybridized carbons (Fsp3) is 0.125. The molecule has 0 saturated heterocycles. The van der Waals surface area contributed by atoms with Crippen molar-refractivity contribution in [2.75, 3.05) is 6.26 Å². The third-order valence-corrected chi connectivity index (χ3v) is 4.01. The van der Waals surface area contributed by atoms with Crippen molar-refractivity contribution in [2.45, 2.75) is 11.6 Å². The first-order valence-corrected chi connectivity index (χ1v) is 8.52. The van der Waals surface area contributed by atoms with Gasteiger partial charge in [0.15, 0.2) is 6.61 Å². The Balaban J connectivity index is 1.68. The van der Waals surface area contributed by atoms with Gasteiger partial charge < -0.3 is 9.26 Å². The standard InChI is InChI=1S/C16H12ClN3O3S/c1-24-15-12(6-3-7-18-15)16(21)22-9-13-19-14(20-23-13)10-4-2-5-11(17)8-10/h2-8H,9H2,1H3. The van der Waals surface area contributed by atoms with Gasteiger partial charge in [0.05, 0.1) is 5.56 Å². The van der Waals surface area contributed by atoms with Gasteiger partial charge in [-0.2, -0.15) is 4.98 Å². The van der Waals surface area contributed by atoms with Crippen molar-refractivity contribution in [1.29, 1.82) is 0 Å². The van der Waals surface area contributed by atoms with E-state index >= 15 is 0 Å². The van der Waals surface area contributed by atoms with Crippen molar-refractivity contribution in [2.24, 2.45) is 0 Å². The minimum atomic E-state index is -0.491. The van der Waals surface area contributed by atoms with Crippen molar-refractivity contribution >= 4 is 29.3 Å². The Labute approximate surface area is 147 Å². The van der Waals surface area contributed by atoms with Crippen LogP contribution < -0.4 is 0 Å². The highest BCUT2D eigenvalue weighted by molar-refractivity contribution is 7.98. The SMILES string of the molecule is CSc1ncccc1C(=O)OCc1nc(-c2cccc(Cl)c2)no1. The van der Waals surface area contributed by atoms with Gasteiger partial charge in [-0.25, -0.2) is 9.78 Å². The minimum Gasteiger partial charge on any atom is -0.452 e. The number of halogens is 1. The molecule has 8 heteroatoms. The van der Waals surface area contributed by atoms with Crippen molar-refractivity contribution in [1.82, 2.24) is 15.1 Å². The van der Waals surface area contributed by atoms with Crippen LogP contribution in [-0.4, -0.2) is 27.3 Å². The topological polar surface area (TPSA) is 78.1 Å². The zero-order chi connectivity index (χ0) is 16.9. The number of hydrogen-bond donors (Lipinski definition) is 0. The van der Waals surface area contributed by atoms with E-state index < -0.39 is 5.97 Å². The second-order valence-electron chi connectivity index (χ2n) is 4.66. The van der Waals surface area contributed by atoms with Gasteiger partial charge in [-0.05, 0) is 30.5 Å². The summed E-state index contributed by atoms with van der Waals surface area (Å²) in [5.74, 6) is 0.0950. The Morgan fingerprint density at radius 2 is 2.21 bits per heavy atom. The van der Waals surface area contributed by atoms with E-state index in [9.17, 15) is 4.79 Å². The molecule has 2 heterocycles. The molecular formula is C16H12ClN3O3S. The second-order valence-corrected chi connectivity index (χ2v) is 5.89. The molecule has 0 aliphatic rings. The fourth-order valence-corrected chi connectivity index (χ4v) is 2.70. The molecule has 0 N–H and O–H groups in total. The Morgan fingerprint density at radius 3 is 3.00 bits per heavy atom. The van der Waals surface area contributed by atoms with Crippen LogP contribution in [0.3, 0.4) is 0 Å². The highest BCUT2D eigenvalue weighted by Crippen LogP contribution is 2.21. The summed E-state index contributed by atoms with van der Waals surface area (Å²) in [7, 11) is 0. The molecule has 3 rings (SSSR count). The van der Waals surface area contributed by atoms with E-state index in [-0.39, 0.29) is 12.5 Å². The highest BCUT2D eigenvalue weighted by atomic mass is 35.5. The molecule has 1 aromatic carbocycles. The zero-order valence-corrected chi connectivity index (χ0v) is 14.2. The number of aromatic nitrogens is 3. The number of benzene rings is 1. The molecule has 0 aliphatic carbocycles. The maximum Gasteiger partial charge on any atom is 0.341 e. The number of ether oxygens (including phenoxy) is 1. The third kappa shape index (κ3) is 3.74. The lowest BCUT2D eigenvalue weighted by atomic mass is 10.2. The molecule has 2 aromatic heterocycles. The van der Waals surface area contributed by atoms with Crippen molar-refractivity contribution in [3.05, 3.63) is 59.1 Å². The lowest BCUT2D eigenvalue weighted by molar-refractivity contribution is 0.0425. The van der Waals surface area contributed by atoms with Gasteiger partial charge in [-0.3, -0.25) is 0 Å². The van der Waals surface area contributed by atoms with Crippen LogP contribution in [0.4, 0.5) is 0 Å². The van der Waals surface area contributed by atoms with E-state index in [1.165, 1.54) is 11.8 Å². The van der Waals surface area contributed by atoms with E-state index in [0.29, 0.717) is 21.4 Å². The van der Waals surface area contributed by atoms with Crippen LogP contribution in [-0.2, 0) is 11.3 Å². The molecule has 3 aromatic rings. The number of pyridine rings is 1. The maximum absolute atomic E-state index is 12.1. The van der Waals surface area contributed by atoms with Crippen LogP contribution in [0.25, 0.3) is 11.4 Å². The van der Waals surface area contributed by atoms with Gasteiger partial charge in [-0.1, -0.05) is 28.9 Å². The Kier molecular flexibility index (Phi) is 5.12. The van der Waals surface area contributed by atoms with Crippen LogP contribution in [0.5, 0.6) is 0 Å². The summed E-state index contributed by atoms with van der Waals surface area (Å²) < 4.78 is 10.3. The first-order valence-electron chi connectivity index (χ1n) is 6.92. The molecule has 0 spiro atoms. The molecule has 24 heavy (non-hydrogen) atoms. The molecule has 6 nitrogen and oxygen atoms in total. The molecule has 0 aliphatic heterocycles. The van der Waals surface area contributed by atoms with Gasteiger partial charge in [-0.15, -0.1) is 11.8 Å². The van der Waals surface area contributed by atoms with Gasteiger partial charge >= 0.3 is 5.97 Å². The Hall–Kier alpha value is -2.38. The van der Waals surface area contributed by atoms with E-state index in [0.717, 1.165) is 5.56 Å². The first kappa shape index (κ1) is 16.5. The van der Waals surface area contributed by atoms with Crippen LogP contribution in [0.1, 0.15) is 16.2 Å². The van der Waals surface area contributed by atoms with E-state index in [4.69, 9.17) is 20.9 Å². The normalized spacial score (nSPS) is 10.6. The second kappa shape index (κ2) is 7.46. The molecule has 0 amide bonds. The lowest BCUT2D eigenvalue weighted by Gasteiger charge is -2.04. The van der Waals surface area contributed by atoms with Gasteiger partial charge in [0.1, 0.15) is 5.03 Å². The summed E-state index contributed by atoms with van der Waals surface area (Å²) in [6, 6.07) is 10.4. The average molecular weight is 362 g/mol. The number of esters is 1. The molecule has 0 unspecified atom stereocenters. The number of carbonyl (C=O) groups excluding carboxylic acids is 1. The molecule has 0 atom stereocenters. The van der Waals surface area contributed by atoms with Crippen molar-refractivity contribution < 1.29 is 14.1 Å². The highest BCUT2D eigenvalue weighted by Gasteiger charge is 2.15. The minimum absolute atomic E-state index is 0.116. The van der Waals surface area contributed by atoms with E-state index in [2.05, 4.69) is 15.1 Å². The van der Waals surface area contributed by atoms with Gasteiger partial charge in [0, 0.05) is 16.8 Å². The lowest BCUT2D eigenvalue weighted by Crippen LogP contribution is -2.07. The van der Waals surface area contributed by atoms with Crippen molar-refractivity contribution in [3.63, 3.8) is 0 Å². The van der Waals surface area contributed by atoms with Crippen LogP contribution in [0.2, 0.25) is 5.02 Å². The largest absolute Gasteiger partial charge is 0.452 e. The third-order valence-electron chi connectivity index (χ3n) is 3.06. The van der Waals surface area contributed by atoms with Crippen LogP contribution in [0.15, 0.2) is 52.1 Å². The molecule has 122 valence electrons. The zero-order valence-electron chi connectivity index (χ0n) is 12.6. The van der Waals surface area contributed by atoms with Crippen LogP contribution in [0, 0.1) is 0 Å². The molecule has 0 saturated carbocycles. The quantitative estimate of drug-likeness (QED) is 0.504. The summed E-state index contributed by atoms with van der Waals surface area (Å²) in [5, 5.41) is 5.04. The number of rotatable bonds is 5. The summed E-state index contributed by atoms with van der Waals surface area (Å²) >= 11 is 7.31. The Bertz CT molecular complexity index is 869. The monoisotopic (exact) mass is 361 g/mol. The molecular weight excluding hydrogens is 350 g/mol. The summed E-state index contributed by atoms with van der Waals surface area (Å²) in [4.78, 5) is 20.5. The molecule has 0 radical (unpaired) electrons. The summed E-state index contributed by atoms with van der Waals surface area (Å²) in [5.41, 5.74) is 1.13. The maximum atomic E-state index is 12.1. The number of carbonyl (C=O) groups is 1. The average Bonchev–Trinajstić information content (AvgIpc) is 3.08. The summed E-state index contributed by atoms with van der Waals surface area (Å²) in [6.07, 6.45) is 3.46.